The summed E-state index contributed by atoms with van der Waals surface area (Å²) in [6.07, 6.45) is 5.79. The van der Waals surface area contributed by atoms with Crippen LogP contribution in [0.1, 0.15) is 31.2 Å². The van der Waals surface area contributed by atoms with Crippen LogP contribution in [-0.2, 0) is 0 Å². The van der Waals surface area contributed by atoms with Crippen LogP contribution >= 0.6 is 0 Å². The van der Waals surface area contributed by atoms with Gasteiger partial charge in [0.1, 0.15) is 19.1 Å². The molecule has 0 saturated carbocycles. The molecule has 3 aliphatic rings. The third-order valence-corrected chi connectivity index (χ3v) is 6.18. The monoisotopic (exact) mass is 311 g/mol. The van der Waals surface area contributed by atoms with E-state index in [4.69, 9.17) is 0 Å². The van der Waals surface area contributed by atoms with E-state index in [2.05, 4.69) is 30.6 Å². The first-order valence-corrected chi connectivity index (χ1v) is 8.65. The van der Waals surface area contributed by atoms with Crippen molar-refractivity contribution in [2.24, 2.45) is 11.8 Å². The van der Waals surface area contributed by atoms with E-state index in [1.54, 1.807) is 0 Å². The Labute approximate surface area is 137 Å². The molecule has 0 amide bonds. The van der Waals surface area contributed by atoms with E-state index in [0.717, 1.165) is 23.7 Å². The van der Waals surface area contributed by atoms with Crippen LogP contribution in [0, 0.1) is 11.8 Å². The first-order valence-electron chi connectivity index (χ1n) is 8.65. The maximum atomic E-state index is 15.7. The van der Waals surface area contributed by atoms with Gasteiger partial charge in [0, 0.05) is 36.3 Å². The van der Waals surface area contributed by atoms with Gasteiger partial charge in [-0.1, -0.05) is 31.2 Å². The SMILES string of the molecule is C=CC1C[N+]2(F)CCC1C[C@H]2[C@H](C)c1ccnc2ccccc12. The van der Waals surface area contributed by atoms with Crippen LogP contribution < -0.4 is 0 Å². The summed E-state index contributed by atoms with van der Waals surface area (Å²) in [6.45, 7) is 7.37. The molecule has 3 aliphatic heterocycles. The predicted octanol–water partition coefficient (Wildman–Crippen LogP) is 4.63. The second kappa shape index (κ2) is 5.41. The maximum Gasteiger partial charge on any atom is 0.132 e. The molecule has 3 fully saturated rings. The van der Waals surface area contributed by atoms with Gasteiger partial charge in [-0.25, -0.2) is 0 Å². The average molecular weight is 311 g/mol. The third-order valence-electron chi connectivity index (χ3n) is 6.18. The van der Waals surface area contributed by atoms with Gasteiger partial charge < -0.3 is 0 Å². The van der Waals surface area contributed by atoms with E-state index in [1.165, 1.54) is 5.56 Å². The molecule has 120 valence electrons. The summed E-state index contributed by atoms with van der Waals surface area (Å²) in [4.78, 5) is 4.45. The van der Waals surface area contributed by atoms with Crippen molar-refractivity contribution < 1.29 is 9.19 Å². The molecule has 0 radical (unpaired) electrons. The lowest BCUT2D eigenvalue weighted by atomic mass is 9.71. The van der Waals surface area contributed by atoms with Gasteiger partial charge in [-0.05, 0) is 28.1 Å². The van der Waals surface area contributed by atoms with Crippen molar-refractivity contribution in [3.63, 3.8) is 0 Å². The van der Waals surface area contributed by atoms with Crippen molar-refractivity contribution in [2.45, 2.75) is 31.7 Å². The van der Waals surface area contributed by atoms with Gasteiger partial charge in [0.2, 0.25) is 0 Å². The Morgan fingerprint density at radius 3 is 2.96 bits per heavy atom. The van der Waals surface area contributed by atoms with Crippen LogP contribution in [0.4, 0.5) is 4.48 Å². The average Bonchev–Trinajstić information content (AvgIpc) is 2.60. The van der Waals surface area contributed by atoms with E-state index in [-0.39, 0.29) is 16.7 Å². The molecular weight excluding hydrogens is 287 g/mol. The number of rotatable bonds is 3. The number of quaternary nitrogens is 1. The molecule has 2 bridgehead atoms. The third kappa shape index (κ3) is 2.29. The van der Waals surface area contributed by atoms with Gasteiger partial charge in [0.15, 0.2) is 0 Å². The molecule has 1 aromatic heterocycles. The van der Waals surface area contributed by atoms with Crippen molar-refractivity contribution >= 4 is 10.9 Å². The number of para-hydroxylation sites is 1. The molecule has 3 unspecified atom stereocenters. The Morgan fingerprint density at radius 2 is 2.17 bits per heavy atom. The molecule has 5 atom stereocenters. The number of aromatic nitrogens is 1. The van der Waals surface area contributed by atoms with Crippen molar-refractivity contribution in [3.8, 4) is 0 Å². The van der Waals surface area contributed by atoms with Crippen LogP contribution in [-0.4, -0.2) is 28.8 Å². The lowest BCUT2D eigenvalue weighted by Crippen LogP contribution is -2.63. The molecule has 0 N–H and O–H groups in total. The highest BCUT2D eigenvalue weighted by Gasteiger charge is 2.55. The zero-order valence-electron chi connectivity index (χ0n) is 13.7. The summed E-state index contributed by atoms with van der Waals surface area (Å²) >= 11 is 0. The smallest absolute Gasteiger partial charge is 0.132 e. The first-order chi connectivity index (χ1) is 11.1. The molecule has 5 rings (SSSR count). The fourth-order valence-corrected chi connectivity index (χ4v) is 4.87. The number of fused-ring (bicyclic) bond motifs is 4. The fourth-order valence-electron chi connectivity index (χ4n) is 4.87. The molecule has 3 saturated heterocycles. The summed E-state index contributed by atoms with van der Waals surface area (Å²) in [5.74, 6) is 1.14. The van der Waals surface area contributed by atoms with E-state index >= 15 is 4.48 Å². The summed E-state index contributed by atoms with van der Waals surface area (Å²) in [5, 5.41) is 1.16. The minimum atomic E-state index is -0.287. The van der Waals surface area contributed by atoms with Gasteiger partial charge in [-0.15, -0.1) is 11.3 Å². The lowest BCUT2D eigenvalue weighted by Gasteiger charge is -2.51. The minimum absolute atomic E-state index is 0.0516. The minimum Gasteiger partial charge on any atom is -0.256 e. The van der Waals surface area contributed by atoms with Crippen LogP contribution in [0.15, 0.2) is 49.2 Å². The number of halogens is 1. The van der Waals surface area contributed by atoms with E-state index < -0.39 is 0 Å². The fraction of sp³-hybridized carbons (Fsp3) is 0.450. The van der Waals surface area contributed by atoms with Crippen molar-refractivity contribution in [1.29, 1.82) is 0 Å². The zero-order chi connectivity index (χ0) is 16.0. The Kier molecular flexibility index (Phi) is 3.49. The largest absolute Gasteiger partial charge is 0.256 e. The standard InChI is InChI=1S/C20H24FN2/c1-3-15-13-23(21)11-9-16(15)12-20(23)14(2)17-8-10-22-19-7-5-4-6-18(17)19/h3-8,10,14-16,20H,1,9,11-13H2,2H3/q+1/t14-,15?,16?,20+,23?/m1/s1. The second-order valence-electron chi connectivity index (χ2n) is 7.29. The number of piperidine rings is 3. The number of hydrogen-bond acceptors (Lipinski definition) is 1. The molecule has 23 heavy (non-hydrogen) atoms. The number of pyridine rings is 1. The molecule has 2 nitrogen and oxygen atoms in total. The summed E-state index contributed by atoms with van der Waals surface area (Å²) in [6, 6.07) is 10.3. The van der Waals surface area contributed by atoms with E-state index in [1.807, 2.05) is 30.5 Å². The lowest BCUT2D eigenvalue weighted by molar-refractivity contribution is -1.09. The van der Waals surface area contributed by atoms with E-state index in [9.17, 15) is 0 Å². The van der Waals surface area contributed by atoms with Gasteiger partial charge in [-0.2, -0.15) is 0 Å². The second-order valence-corrected chi connectivity index (χ2v) is 7.29. The van der Waals surface area contributed by atoms with Crippen LogP contribution in [0.3, 0.4) is 0 Å². The molecule has 4 heterocycles. The molecule has 1 aromatic carbocycles. The van der Waals surface area contributed by atoms with Gasteiger partial charge in [0.05, 0.1) is 5.52 Å². The molecule has 0 aliphatic carbocycles. The van der Waals surface area contributed by atoms with Crippen molar-refractivity contribution in [2.75, 3.05) is 13.1 Å². The van der Waals surface area contributed by atoms with Gasteiger partial charge >= 0.3 is 0 Å². The highest BCUT2D eigenvalue weighted by molar-refractivity contribution is 5.82. The normalized spacial score (nSPS) is 34.4. The van der Waals surface area contributed by atoms with Crippen molar-refractivity contribution in [1.82, 2.24) is 4.98 Å². The zero-order valence-corrected chi connectivity index (χ0v) is 13.7. The highest BCUT2D eigenvalue weighted by Crippen LogP contribution is 2.47. The van der Waals surface area contributed by atoms with E-state index in [0.29, 0.717) is 24.9 Å². The summed E-state index contributed by atoms with van der Waals surface area (Å²) in [7, 11) is 0. The number of hydrogen-bond donors (Lipinski definition) is 0. The molecule has 2 aromatic rings. The highest BCUT2D eigenvalue weighted by atomic mass is 19.2. The predicted molar refractivity (Wildman–Crippen MR) is 91.5 cm³/mol. The Hall–Kier alpha value is -1.74. The van der Waals surface area contributed by atoms with Gasteiger partial charge in [-0.3, -0.25) is 4.98 Å². The van der Waals surface area contributed by atoms with Crippen LogP contribution in [0.25, 0.3) is 10.9 Å². The number of nitrogens with zero attached hydrogens (tertiary/aromatic N) is 2. The molecule has 3 heteroatoms. The van der Waals surface area contributed by atoms with Crippen LogP contribution in [0.2, 0.25) is 0 Å². The Morgan fingerprint density at radius 1 is 1.35 bits per heavy atom. The maximum absolute atomic E-state index is 15.7. The first kappa shape index (κ1) is 14.8. The molecule has 0 spiro atoms. The molecular formula is C20H24FN2+. The summed E-state index contributed by atoms with van der Waals surface area (Å²) in [5.41, 5.74) is 2.24. The number of benzene rings is 1. The van der Waals surface area contributed by atoms with Crippen LogP contribution in [0.5, 0.6) is 0 Å². The van der Waals surface area contributed by atoms with Gasteiger partial charge in [0.25, 0.3) is 0 Å². The Balaban J connectivity index is 1.72. The van der Waals surface area contributed by atoms with Crippen molar-refractivity contribution in [3.05, 3.63) is 54.7 Å². The topological polar surface area (TPSA) is 12.9 Å². The quantitative estimate of drug-likeness (QED) is 0.595. The summed E-state index contributed by atoms with van der Waals surface area (Å²) < 4.78 is 15.4. The Bertz CT molecular complexity index is 738.